The van der Waals surface area contributed by atoms with E-state index in [1.807, 2.05) is 13.8 Å². The van der Waals surface area contributed by atoms with Crippen molar-refractivity contribution in [2.45, 2.75) is 71.1 Å². The summed E-state index contributed by atoms with van der Waals surface area (Å²) in [6, 6.07) is 0.691. The van der Waals surface area contributed by atoms with Crippen LogP contribution in [0.1, 0.15) is 52.9 Å². The third-order valence-corrected chi connectivity index (χ3v) is 4.95. The zero-order valence-electron chi connectivity index (χ0n) is 12.4. The average Bonchev–Trinajstić information content (AvgIpc) is 2.62. The number of carbonyl (C=O) groups excluding carboxylic acids is 1. The van der Waals surface area contributed by atoms with Gasteiger partial charge in [-0.25, -0.2) is 0 Å². The van der Waals surface area contributed by atoms with Gasteiger partial charge in [0.15, 0.2) is 0 Å². The smallest absolute Gasteiger partial charge is 0.222 e. The van der Waals surface area contributed by atoms with Gasteiger partial charge in [0, 0.05) is 30.0 Å². The summed E-state index contributed by atoms with van der Waals surface area (Å²) in [4.78, 5) is 11.6. The summed E-state index contributed by atoms with van der Waals surface area (Å²) in [5.74, 6) is 0.146. The van der Waals surface area contributed by atoms with Crippen LogP contribution >= 0.6 is 0 Å². The van der Waals surface area contributed by atoms with E-state index in [9.17, 15) is 9.90 Å². The maximum atomic E-state index is 11.6. The van der Waals surface area contributed by atoms with Gasteiger partial charge in [-0.15, -0.1) is 0 Å². The van der Waals surface area contributed by atoms with Gasteiger partial charge in [-0.1, -0.05) is 33.6 Å². The van der Waals surface area contributed by atoms with E-state index in [1.54, 1.807) is 0 Å². The molecule has 4 heteroatoms. The summed E-state index contributed by atoms with van der Waals surface area (Å²) in [6.07, 6.45) is 5.12. The molecule has 0 aromatic heterocycles. The Morgan fingerprint density at radius 3 is 2.79 bits per heavy atom. The highest BCUT2D eigenvalue weighted by molar-refractivity contribution is 5.77. The molecule has 110 valence electrons. The highest BCUT2D eigenvalue weighted by Gasteiger charge is 2.48. The number of nitrogens with one attached hydrogen (secondary N) is 2. The van der Waals surface area contributed by atoms with E-state index in [4.69, 9.17) is 0 Å². The van der Waals surface area contributed by atoms with Crippen LogP contribution in [0.2, 0.25) is 0 Å². The lowest BCUT2D eigenvalue weighted by molar-refractivity contribution is -0.124. The molecule has 1 aliphatic heterocycles. The Hall–Kier alpha value is -0.610. The van der Waals surface area contributed by atoms with Gasteiger partial charge >= 0.3 is 0 Å². The summed E-state index contributed by atoms with van der Waals surface area (Å²) < 4.78 is 0. The number of hydrogen-bond donors (Lipinski definition) is 3. The van der Waals surface area contributed by atoms with E-state index in [-0.39, 0.29) is 23.3 Å². The van der Waals surface area contributed by atoms with Crippen LogP contribution in [0.3, 0.4) is 0 Å². The highest BCUT2D eigenvalue weighted by atomic mass is 16.3. The average molecular weight is 268 g/mol. The molecule has 4 atom stereocenters. The first-order valence-corrected chi connectivity index (χ1v) is 7.65. The van der Waals surface area contributed by atoms with E-state index in [1.165, 1.54) is 6.42 Å². The minimum atomic E-state index is -0.210. The Morgan fingerprint density at radius 1 is 1.42 bits per heavy atom. The number of aliphatic hydroxyl groups excluding tert-OH is 1. The Bertz CT molecular complexity index is 332. The first-order valence-electron chi connectivity index (χ1n) is 7.65. The predicted molar refractivity (Wildman–Crippen MR) is 75.8 cm³/mol. The summed E-state index contributed by atoms with van der Waals surface area (Å²) in [6.45, 7) is 6.69. The van der Waals surface area contributed by atoms with Crippen molar-refractivity contribution in [2.24, 2.45) is 11.3 Å². The second-order valence-electron chi connectivity index (χ2n) is 6.83. The van der Waals surface area contributed by atoms with Gasteiger partial charge < -0.3 is 15.7 Å². The fourth-order valence-electron chi connectivity index (χ4n) is 3.56. The van der Waals surface area contributed by atoms with E-state index in [0.29, 0.717) is 18.6 Å². The molecule has 2 rings (SSSR count). The van der Waals surface area contributed by atoms with Crippen LogP contribution in [0.4, 0.5) is 0 Å². The molecule has 1 amide bonds. The second-order valence-corrected chi connectivity index (χ2v) is 6.83. The standard InChI is InChI=1S/C15H28N2O2/c1-10(2)14(19)16-9-11-8-15(3)12(17-11)6-4-5-7-13(15)18/h10-13,17-18H,4-9H2,1-3H3,(H,16,19)/t11-,12-,13+,15-/m1/s1. The zero-order chi connectivity index (χ0) is 14.0. The lowest BCUT2D eigenvalue weighted by Crippen LogP contribution is -2.43. The summed E-state index contributed by atoms with van der Waals surface area (Å²) in [5, 5.41) is 17.0. The van der Waals surface area contributed by atoms with Gasteiger partial charge in [0.25, 0.3) is 0 Å². The first-order chi connectivity index (χ1) is 8.93. The zero-order valence-corrected chi connectivity index (χ0v) is 12.4. The van der Waals surface area contributed by atoms with Gasteiger partial charge in [0.2, 0.25) is 5.91 Å². The summed E-state index contributed by atoms with van der Waals surface area (Å²) in [5.41, 5.74) is -0.0241. The van der Waals surface area contributed by atoms with Crippen LogP contribution in [0.15, 0.2) is 0 Å². The molecule has 2 aliphatic rings. The molecule has 0 aromatic carbocycles. The van der Waals surface area contributed by atoms with E-state index >= 15 is 0 Å². The lowest BCUT2D eigenvalue weighted by Gasteiger charge is -2.33. The van der Waals surface area contributed by atoms with Crippen molar-refractivity contribution in [2.75, 3.05) is 6.54 Å². The SMILES string of the molecule is CC(C)C(=O)NC[C@H]1C[C@@]2(C)[C@@H](O)CCCC[C@H]2N1. The third kappa shape index (κ3) is 3.11. The molecule has 1 saturated heterocycles. The van der Waals surface area contributed by atoms with Crippen LogP contribution in [0.25, 0.3) is 0 Å². The van der Waals surface area contributed by atoms with Crippen LogP contribution in [0.5, 0.6) is 0 Å². The number of carbonyl (C=O) groups is 1. The number of amides is 1. The monoisotopic (exact) mass is 268 g/mol. The Kier molecular flexibility index (Phi) is 4.51. The molecule has 0 radical (unpaired) electrons. The predicted octanol–water partition coefficient (Wildman–Crippen LogP) is 1.43. The van der Waals surface area contributed by atoms with Crippen molar-refractivity contribution in [1.82, 2.24) is 10.6 Å². The molecule has 4 nitrogen and oxygen atoms in total. The van der Waals surface area contributed by atoms with Crippen LogP contribution in [0, 0.1) is 11.3 Å². The number of hydrogen-bond acceptors (Lipinski definition) is 3. The fraction of sp³-hybridized carbons (Fsp3) is 0.933. The molecule has 3 N–H and O–H groups in total. The topological polar surface area (TPSA) is 61.4 Å². The van der Waals surface area contributed by atoms with Gasteiger partial charge in [0.05, 0.1) is 6.10 Å². The van der Waals surface area contributed by atoms with Crippen molar-refractivity contribution >= 4 is 5.91 Å². The van der Waals surface area contributed by atoms with Crippen molar-refractivity contribution in [1.29, 1.82) is 0 Å². The highest BCUT2D eigenvalue weighted by Crippen LogP contribution is 2.43. The van der Waals surface area contributed by atoms with Gasteiger partial charge in [0.1, 0.15) is 0 Å². The number of fused-ring (bicyclic) bond motifs is 1. The fourth-order valence-corrected chi connectivity index (χ4v) is 3.56. The molecular weight excluding hydrogens is 240 g/mol. The van der Waals surface area contributed by atoms with Gasteiger partial charge in [-0.05, 0) is 19.3 Å². The van der Waals surface area contributed by atoms with Gasteiger partial charge in [-0.3, -0.25) is 4.79 Å². The second kappa shape index (κ2) is 5.80. The minimum absolute atomic E-state index is 0.0241. The molecule has 19 heavy (non-hydrogen) atoms. The molecule has 1 heterocycles. The van der Waals surface area contributed by atoms with Crippen molar-refractivity contribution in [3.05, 3.63) is 0 Å². The largest absolute Gasteiger partial charge is 0.392 e. The molecule has 0 unspecified atom stereocenters. The molecule has 0 spiro atoms. The van der Waals surface area contributed by atoms with Gasteiger partial charge in [-0.2, -0.15) is 0 Å². The number of rotatable bonds is 3. The van der Waals surface area contributed by atoms with Crippen molar-refractivity contribution in [3.63, 3.8) is 0 Å². The summed E-state index contributed by atoms with van der Waals surface area (Å²) >= 11 is 0. The van der Waals surface area contributed by atoms with Crippen LogP contribution in [-0.4, -0.2) is 35.7 Å². The molecule has 1 aliphatic carbocycles. The normalized spacial score (nSPS) is 38.9. The molecule has 2 fully saturated rings. The number of aliphatic hydroxyl groups is 1. The first kappa shape index (κ1) is 14.8. The molecule has 0 bridgehead atoms. The van der Waals surface area contributed by atoms with Crippen LogP contribution in [-0.2, 0) is 4.79 Å². The maximum absolute atomic E-state index is 11.6. The lowest BCUT2D eigenvalue weighted by atomic mass is 9.75. The van der Waals surface area contributed by atoms with Crippen molar-refractivity contribution in [3.8, 4) is 0 Å². The Labute approximate surface area is 116 Å². The molecule has 0 aromatic rings. The van der Waals surface area contributed by atoms with Crippen LogP contribution < -0.4 is 10.6 Å². The Balaban J connectivity index is 1.92. The quantitative estimate of drug-likeness (QED) is 0.725. The minimum Gasteiger partial charge on any atom is -0.392 e. The van der Waals surface area contributed by atoms with E-state index in [0.717, 1.165) is 25.7 Å². The van der Waals surface area contributed by atoms with Crippen molar-refractivity contribution < 1.29 is 9.90 Å². The summed E-state index contributed by atoms with van der Waals surface area (Å²) in [7, 11) is 0. The van der Waals surface area contributed by atoms with E-state index in [2.05, 4.69) is 17.6 Å². The Morgan fingerprint density at radius 2 is 2.11 bits per heavy atom. The van der Waals surface area contributed by atoms with E-state index < -0.39 is 0 Å². The molecular formula is C15H28N2O2. The maximum Gasteiger partial charge on any atom is 0.222 e. The molecule has 1 saturated carbocycles. The third-order valence-electron chi connectivity index (χ3n) is 4.95.